The average Bonchev–Trinajstić information content (AvgIpc) is 2.67. The first-order valence-corrected chi connectivity index (χ1v) is 7.87. The lowest BCUT2D eigenvalue weighted by Crippen LogP contribution is -2.47. The quantitative estimate of drug-likeness (QED) is 0.887. The van der Waals surface area contributed by atoms with Crippen LogP contribution < -0.4 is 5.32 Å². The first-order valence-electron chi connectivity index (χ1n) is 7.87. The Bertz CT molecular complexity index is 510. The molecule has 0 aromatic carbocycles. The lowest BCUT2D eigenvalue weighted by Gasteiger charge is -2.29. The van der Waals surface area contributed by atoms with Crippen molar-refractivity contribution in [3.05, 3.63) is 17.0 Å². The molecule has 1 amide bonds. The van der Waals surface area contributed by atoms with Crippen LogP contribution >= 0.6 is 0 Å². The van der Waals surface area contributed by atoms with Crippen molar-refractivity contribution in [1.29, 1.82) is 0 Å². The fraction of sp³-hybridized carbons (Fsp3) is 0.750. The molecule has 1 aliphatic carbocycles. The van der Waals surface area contributed by atoms with E-state index in [1.807, 2.05) is 32.5 Å². The minimum absolute atomic E-state index is 0.0311. The van der Waals surface area contributed by atoms with Crippen LogP contribution in [0.2, 0.25) is 0 Å². The van der Waals surface area contributed by atoms with Gasteiger partial charge in [-0.1, -0.05) is 19.8 Å². The normalized spacial score (nSPS) is 23.9. The second kappa shape index (κ2) is 6.60. The Morgan fingerprint density at radius 3 is 2.67 bits per heavy atom. The highest BCUT2D eigenvalue weighted by atomic mass is 16.3. The molecule has 0 aliphatic heterocycles. The van der Waals surface area contributed by atoms with Gasteiger partial charge in [0.2, 0.25) is 5.91 Å². The van der Waals surface area contributed by atoms with E-state index in [2.05, 4.69) is 10.4 Å². The predicted octanol–water partition coefficient (Wildman–Crippen LogP) is 1.64. The zero-order valence-electron chi connectivity index (χ0n) is 13.5. The van der Waals surface area contributed by atoms with Gasteiger partial charge in [-0.3, -0.25) is 9.48 Å². The summed E-state index contributed by atoms with van der Waals surface area (Å²) in [6.45, 7) is 5.96. The molecule has 5 heteroatoms. The van der Waals surface area contributed by atoms with Crippen molar-refractivity contribution in [2.75, 3.05) is 0 Å². The molecular weight excluding hydrogens is 266 g/mol. The molecule has 21 heavy (non-hydrogen) atoms. The molecule has 2 N–H and O–H groups in total. The highest BCUT2D eigenvalue weighted by molar-refractivity contribution is 5.79. The van der Waals surface area contributed by atoms with Crippen molar-refractivity contribution in [1.82, 2.24) is 15.1 Å². The molecule has 1 aromatic rings. The Kier molecular flexibility index (Phi) is 5.04. The van der Waals surface area contributed by atoms with Crippen molar-refractivity contribution in [3.8, 4) is 0 Å². The Morgan fingerprint density at radius 2 is 2.10 bits per heavy atom. The average molecular weight is 293 g/mol. The van der Waals surface area contributed by atoms with Crippen molar-refractivity contribution < 1.29 is 9.90 Å². The van der Waals surface area contributed by atoms with Gasteiger partial charge in [-0.05, 0) is 38.7 Å². The summed E-state index contributed by atoms with van der Waals surface area (Å²) in [5.74, 6) is -0.0793. The van der Waals surface area contributed by atoms with Crippen LogP contribution in [0, 0.1) is 19.8 Å². The number of nitrogens with one attached hydrogen (secondary N) is 1. The number of rotatable bonds is 4. The van der Waals surface area contributed by atoms with Crippen molar-refractivity contribution in [3.63, 3.8) is 0 Å². The number of hydrogen-bond donors (Lipinski definition) is 2. The second-order valence-corrected chi connectivity index (χ2v) is 6.35. The molecule has 0 bridgehead atoms. The summed E-state index contributed by atoms with van der Waals surface area (Å²) < 4.78 is 1.86. The molecular formula is C16H27N3O2. The summed E-state index contributed by atoms with van der Waals surface area (Å²) >= 11 is 0. The molecule has 0 saturated heterocycles. The van der Waals surface area contributed by atoms with Crippen molar-refractivity contribution in [2.45, 2.75) is 65.0 Å². The molecule has 1 saturated carbocycles. The van der Waals surface area contributed by atoms with Gasteiger partial charge in [0.05, 0.1) is 17.8 Å². The summed E-state index contributed by atoms with van der Waals surface area (Å²) in [5.41, 5.74) is 3.27. The van der Waals surface area contributed by atoms with E-state index in [9.17, 15) is 9.90 Å². The lowest BCUT2D eigenvalue weighted by atomic mass is 9.91. The smallest absolute Gasteiger partial charge is 0.223 e. The van der Waals surface area contributed by atoms with Crippen LogP contribution in [0.1, 0.15) is 49.6 Å². The van der Waals surface area contributed by atoms with Crippen LogP contribution in [0.15, 0.2) is 0 Å². The largest absolute Gasteiger partial charge is 0.391 e. The summed E-state index contributed by atoms with van der Waals surface area (Å²) in [7, 11) is 1.93. The number of nitrogens with zero attached hydrogens (tertiary/aromatic N) is 2. The van der Waals surface area contributed by atoms with Gasteiger partial charge in [-0.15, -0.1) is 0 Å². The number of carbonyl (C=O) groups excluding carboxylic acids is 1. The number of amides is 1. The van der Waals surface area contributed by atoms with Gasteiger partial charge in [0.25, 0.3) is 0 Å². The van der Waals surface area contributed by atoms with Crippen molar-refractivity contribution in [2.24, 2.45) is 13.0 Å². The van der Waals surface area contributed by atoms with Gasteiger partial charge >= 0.3 is 0 Å². The minimum Gasteiger partial charge on any atom is -0.391 e. The van der Waals surface area contributed by atoms with Crippen LogP contribution in [-0.2, 0) is 18.3 Å². The maximum atomic E-state index is 12.3. The third-order valence-electron chi connectivity index (χ3n) is 4.67. The van der Waals surface area contributed by atoms with E-state index < -0.39 is 6.10 Å². The molecule has 1 fully saturated rings. The van der Waals surface area contributed by atoms with E-state index in [1.165, 1.54) is 0 Å². The third kappa shape index (κ3) is 3.64. The number of carbonyl (C=O) groups is 1. The van der Waals surface area contributed by atoms with E-state index in [0.717, 1.165) is 42.6 Å². The molecule has 1 aliphatic rings. The number of aliphatic hydroxyl groups is 1. The molecule has 118 valence electrons. The Balaban J connectivity index is 1.96. The molecule has 3 unspecified atom stereocenters. The summed E-state index contributed by atoms with van der Waals surface area (Å²) in [5, 5.41) is 17.4. The standard InChI is InChI=1S/C16H27N3O2/c1-10(9-13-11(2)18-19(4)12(13)3)16(21)17-14-7-5-6-8-15(14)20/h10,14-15,20H,5-9H2,1-4H3,(H,17,21). The highest BCUT2D eigenvalue weighted by Crippen LogP contribution is 2.20. The molecule has 2 rings (SSSR count). The summed E-state index contributed by atoms with van der Waals surface area (Å²) in [6.07, 6.45) is 4.11. The van der Waals surface area contributed by atoms with Crippen LogP contribution in [0.25, 0.3) is 0 Å². The van der Waals surface area contributed by atoms with E-state index in [-0.39, 0.29) is 17.9 Å². The zero-order chi connectivity index (χ0) is 15.6. The molecule has 1 aromatic heterocycles. The van der Waals surface area contributed by atoms with E-state index >= 15 is 0 Å². The highest BCUT2D eigenvalue weighted by Gasteiger charge is 2.26. The molecule has 0 spiro atoms. The van der Waals surface area contributed by atoms with Gasteiger partial charge in [0.1, 0.15) is 0 Å². The Hall–Kier alpha value is -1.36. The minimum atomic E-state index is -0.392. The third-order valence-corrected chi connectivity index (χ3v) is 4.67. The first kappa shape index (κ1) is 16.0. The lowest BCUT2D eigenvalue weighted by molar-refractivity contribution is -0.126. The van der Waals surface area contributed by atoms with Crippen LogP contribution in [-0.4, -0.2) is 32.9 Å². The molecule has 0 radical (unpaired) electrons. The first-order chi connectivity index (χ1) is 9.90. The summed E-state index contributed by atoms with van der Waals surface area (Å²) in [4.78, 5) is 12.3. The zero-order valence-corrected chi connectivity index (χ0v) is 13.5. The number of aromatic nitrogens is 2. The number of aliphatic hydroxyl groups excluding tert-OH is 1. The van der Waals surface area contributed by atoms with Crippen LogP contribution in [0.3, 0.4) is 0 Å². The fourth-order valence-corrected chi connectivity index (χ4v) is 3.12. The van der Waals surface area contributed by atoms with Crippen molar-refractivity contribution >= 4 is 5.91 Å². The predicted molar refractivity (Wildman–Crippen MR) is 82.0 cm³/mol. The summed E-state index contributed by atoms with van der Waals surface area (Å²) in [6, 6.07) is -0.0789. The Labute approximate surface area is 126 Å². The van der Waals surface area contributed by atoms with E-state index in [4.69, 9.17) is 0 Å². The Morgan fingerprint density at radius 1 is 1.43 bits per heavy atom. The monoisotopic (exact) mass is 293 g/mol. The van der Waals surface area contributed by atoms with Gasteiger partial charge < -0.3 is 10.4 Å². The molecule has 1 heterocycles. The van der Waals surface area contributed by atoms with Gasteiger partial charge in [-0.2, -0.15) is 5.10 Å². The fourth-order valence-electron chi connectivity index (χ4n) is 3.12. The van der Waals surface area contributed by atoms with Gasteiger partial charge in [0, 0.05) is 18.7 Å². The van der Waals surface area contributed by atoms with E-state index in [1.54, 1.807) is 0 Å². The topological polar surface area (TPSA) is 67.2 Å². The SMILES string of the molecule is Cc1nn(C)c(C)c1CC(C)C(=O)NC1CCCCC1O. The van der Waals surface area contributed by atoms with E-state index in [0.29, 0.717) is 6.42 Å². The van der Waals surface area contributed by atoms with Gasteiger partial charge in [-0.25, -0.2) is 0 Å². The molecule has 3 atom stereocenters. The van der Waals surface area contributed by atoms with Crippen LogP contribution in [0.5, 0.6) is 0 Å². The maximum absolute atomic E-state index is 12.3. The number of hydrogen-bond acceptors (Lipinski definition) is 3. The molecule has 5 nitrogen and oxygen atoms in total. The van der Waals surface area contributed by atoms with Crippen LogP contribution in [0.4, 0.5) is 0 Å². The maximum Gasteiger partial charge on any atom is 0.223 e. The van der Waals surface area contributed by atoms with Gasteiger partial charge in [0.15, 0.2) is 0 Å². The number of aryl methyl sites for hydroxylation is 2. The second-order valence-electron chi connectivity index (χ2n) is 6.35.